The lowest BCUT2D eigenvalue weighted by Gasteiger charge is -1.96. The van der Waals surface area contributed by atoms with E-state index in [2.05, 4.69) is 40.6 Å². The number of hydrogen-bond acceptors (Lipinski definition) is 3. The van der Waals surface area contributed by atoms with E-state index in [0.29, 0.717) is 5.82 Å². The zero-order valence-electron chi connectivity index (χ0n) is 11.6. The van der Waals surface area contributed by atoms with Gasteiger partial charge in [-0.25, -0.2) is 9.97 Å². The molecule has 0 saturated carbocycles. The summed E-state index contributed by atoms with van der Waals surface area (Å²) in [6.45, 7) is 4.29. The van der Waals surface area contributed by atoms with E-state index in [4.69, 9.17) is 5.73 Å². The first-order valence-corrected chi connectivity index (χ1v) is 6.88. The van der Waals surface area contributed by atoms with E-state index >= 15 is 0 Å². The minimum atomic E-state index is 0.490. The van der Waals surface area contributed by atoms with Gasteiger partial charge in [0.1, 0.15) is 22.7 Å². The van der Waals surface area contributed by atoms with Crippen LogP contribution in [0, 0.1) is 11.8 Å². The minimum absolute atomic E-state index is 0.490. The van der Waals surface area contributed by atoms with Crippen LogP contribution in [0.2, 0.25) is 0 Å². The number of H-pyrrole nitrogens is 1. The fraction of sp³-hybridized carbons (Fsp3) is 0.467. The molecule has 4 nitrogen and oxygen atoms in total. The second kappa shape index (κ2) is 6.24. The fourth-order valence-electron chi connectivity index (χ4n) is 1.93. The first-order chi connectivity index (χ1) is 9.26. The first kappa shape index (κ1) is 13.4. The number of nitrogens with zero attached hydrogens (tertiary/aromatic N) is 2. The topological polar surface area (TPSA) is 67.6 Å². The summed E-state index contributed by atoms with van der Waals surface area (Å²) in [7, 11) is 0. The van der Waals surface area contributed by atoms with Crippen molar-refractivity contribution in [1.82, 2.24) is 15.0 Å². The van der Waals surface area contributed by atoms with Gasteiger partial charge in [-0.1, -0.05) is 32.1 Å². The number of aromatic nitrogens is 3. The molecule has 0 atom stereocenters. The largest absolute Gasteiger partial charge is 0.382 e. The Bertz CT molecular complexity index is 616. The van der Waals surface area contributed by atoms with Crippen molar-refractivity contribution in [3.05, 3.63) is 17.6 Å². The summed E-state index contributed by atoms with van der Waals surface area (Å²) in [6.07, 6.45) is 6.87. The number of hydrogen-bond donors (Lipinski definition) is 2. The van der Waals surface area contributed by atoms with E-state index in [1.165, 1.54) is 0 Å². The van der Waals surface area contributed by atoms with Crippen LogP contribution in [0.15, 0.2) is 6.20 Å². The Morgan fingerprint density at radius 2 is 2.16 bits per heavy atom. The molecule has 0 fully saturated rings. The molecule has 0 radical (unpaired) electrons. The molecule has 4 heteroatoms. The van der Waals surface area contributed by atoms with Crippen LogP contribution in [0.5, 0.6) is 0 Å². The lowest BCUT2D eigenvalue weighted by atomic mass is 10.2. The van der Waals surface area contributed by atoms with Gasteiger partial charge in [0.25, 0.3) is 0 Å². The highest BCUT2D eigenvalue weighted by molar-refractivity contribution is 5.89. The van der Waals surface area contributed by atoms with Gasteiger partial charge in [-0.15, -0.1) is 0 Å². The molecule has 0 aliphatic carbocycles. The Hall–Kier alpha value is -2.02. The molecular weight excluding hydrogens is 236 g/mol. The lowest BCUT2D eigenvalue weighted by molar-refractivity contribution is 0.828. The van der Waals surface area contributed by atoms with Crippen molar-refractivity contribution in [3.8, 4) is 11.8 Å². The smallest absolute Gasteiger partial charge is 0.149 e. The molecule has 2 aromatic heterocycles. The quantitative estimate of drug-likeness (QED) is 0.652. The monoisotopic (exact) mass is 256 g/mol. The predicted octanol–water partition coefficient (Wildman–Crippen LogP) is 3.03. The third-order valence-corrected chi connectivity index (χ3v) is 2.96. The zero-order chi connectivity index (χ0) is 13.7. The van der Waals surface area contributed by atoms with Crippen molar-refractivity contribution in [2.24, 2.45) is 0 Å². The normalized spacial score (nSPS) is 10.4. The Kier molecular flexibility index (Phi) is 4.40. The summed E-state index contributed by atoms with van der Waals surface area (Å²) in [5.41, 5.74) is 8.40. The maximum Gasteiger partial charge on any atom is 0.149 e. The second-order valence-electron chi connectivity index (χ2n) is 4.62. The number of rotatable bonds is 4. The molecule has 0 bridgehead atoms. The summed E-state index contributed by atoms with van der Waals surface area (Å²) in [5, 5.41) is 0. The van der Waals surface area contributed by atoms with Crippen molar-refractivity contribution in [3.63, 3.8) is 0 Å². The number of fused-ring (bicyclic) bond motifs is 1. The summed E-state index contributed by atoms with van der Waals surface area (Å²) >= 11 is 0. The fourth-order valence-corrected chi connectivity index (χ4v) is 1.93. The van der Waals surface area contributed by atoms with Crippen LogP contribution in [-0.4, -0.2) is 15.0 Å². The molecule has 3 N–H and O–H groups in total. The first-order valence-electron chi connectivity index (χ1n) is 6.88. The number of nitrogens with two attached hydrogens (primary N) is 1. The van der Waals surface area contributed by atoms with Crippen LogP contribution < -0.4 is 5.73 Å². The van der Waals surface area contributed by atoms with Gasteiger partial charge in [0.15, 0.2) is 0 Å². The number of nitrogens with one attached hydrogen (secondary N) is 1. The summed E-state index contributed by atoms with van der Waals surface area (Å²) < 4.78 is 0. The van der Waals surface area contributed by atoms with Gasteiger partial charge < -0.3 is 10.7 Å². The maximum absolute atomic E-state index is 5.88. The third kappa shape index (κ3) is 3.05. The maximum atomic E-state index is 5.88. The highest BCUT2D eigenvalue weighted by atomic mass is 15.0. The summed E-state index contributed by atoms with van der Waals surface area (Å²) in [6, 6.07) is 0. The van der Waals surface area contributed by atoms with Gasteiger partial charge >= 0.3 is 0 Å². The molecule has 0 aliphatic rings. The molecule has 2 aromatic rings. The molecule has 0 aliphatic heterocycles. The molecule has 2 rings (SSSR count). The highest BCUT2D eigenvalue weighted by Crippen LogP contribution is 2.20. The van der Waals surface area contributed by atoms with Gasteiger partial charge in [0.2, 0.25) is 0 Å². The summed E-state index contributed by atoms with van der Waals surface area (Å²) in [4.78, 5) is 12.0. The molecule has 0 saturated heterocycles. The van der Waals surface area contributed by atoms with E-state index in [-0.39, 0.29) is 0 Å². The highest BCUT2D eigenvalue weighted by Gasteiger charge is 2.09. The number of anilines is 1. The van der Waals surface area contributed by atoms with E-state index in [1.807, 2.05) is 0 Å². The predicted molar refractivity (Wildman–Crippen MR) is 78.7 cm³/mol. The van der Waals surface area contributed by atoms with Crippen molar-refractivity contribution in [2.45, 2.75) is 46.0 Å². The zero-order valence-corrected chi connectivity index (χ0v) is 11.6. The van der Waals surface area contributed by atoms with Gasteiger partial charge in [-0.05, 0) is 12.8 Å². The number of aryl methyl sites for hydroxylation is 1. The van der Waals surface area contributed by atoms with Gasteiger partial charge in [0, 0.05) is 19.0 Å². The molecular formula is C15H20N4. The average Bonchev–Trinajstić information content (AvgIpc) is 2.82. The number of unbranched alkanes of at least 4 members (excludes halogenated alkanes) is 2. The molecule has 0 spiro atoms. The number of aromatic amines is 1. The molecule has 0 unspecified atom stereocenters. The van der Waals surface area contributed by atoms with E-state index in [1.54, 1.807) is 6.20 Å². The van der Waals surface area contributed by atoms with Gasteiger partial charge in [-0.2, -0.15) is 0 Å². The molecule has 0 aromatic carbocycles. The molecule has 2 heterocycles. The Labute approximate surface area is 113 Å². The average molecular weight is 256 g/mol. The molecule has 19 heavy (non-hydrogen) atoms. The van der Waals surface area contributed by atoms with Crippen LogP contribution in [-0.2, 0) is 6.42 Å². The minimum Gasteiger partial charge on any atom is -0.382 e. The van der Waals surface area contributed by atoms with Crippen LogP contribution in [0.3, 0.4) is 0 Å². The SMILES string of the molecule is CCCCC#Cc1cnc(N)c2[nH]c(CCC)nc12. The third-order valence-electron chi connectivity index (χ3n) is 2.96. The van der Waals surface area contributed by atoms with Gasteiger partial charge in [0.05, 0.1) is 5.56 Å². The molecule has 0 amide bonds. The Balaban J connectivity index is 2.37. The Morgan fingerprint density at radius 1 is 1.32 bits per heavy atom. The number of nitrogen functional groups attached to an aromatic ring is 1. The summed E-state index contributed by atoms with van der Waals surface area (Å²) in [5.74, 6) is 7.77. The van der Waals surface area contributed by atoms with Gasteiger partial charge in [-0.3, -0.25) is 0 Å². The van der Waals surface area contributed by atoms with Crippen LogP contribution in [0.1, 0.15) is 50.9 Å². The van der Waals surface area contributed by atoms with Crippen LogP contribution in [0.4, 0.5) is 5.82 Å². The van der Waals surface area contributed by atoms with Crippen LogP contribution in [0.25, 0.3) is 11.0 Å². The van der Waals surface area contributed by atoms with Crippen molar-refractivity contribution >= 4 is 16.9 Å². The van der Waals surface area contributed by atoms with E-state index in [0.717, 1.165) is 54.5 Å². The standard InChI is InChI=1S/C15H20N4/c1-3-5-6-7-9-11-10-17-15(16)14-13(11)18-12(19-14)8-4-2/h10H,3-6,8H2,1-2H3,(H2,16,17)(H,18,19). The number of pyridine rings is 1. The lowest BCUT2D eigenvalue weighted by Crippen LogP contribution is -1.93. The van der Waals surface area contributed by atoms with Crippen molar-refractivity contribution in [2.75, 3.05) is 5.73 Å². The molecule has 100 valence electrons. The van der Waals surface area contributed by atoms with Crippen molar-refractivity contribution < 1.29 is 0 Å². The Morgan fingerprint density at radius 3 is 2.89 bits per heavy atom. The second-order valence-corrected chi connectivity index (χ2v) is 4.62. The van der Waals surface area contributed by atoms with Crippen molar-refractivity contribution in [1.29, 1.82) is 0 Å². The van der Waals surface area contributed by atoms with E-state index < -0.39 is 0 Å². The van der Waals surface area contributed by atoms with E-state index in [9.17, 15) is 0 Å². The van der Waals surface area contributed by atoms with Crippen LogP contribution >= 0.6 is 0 Å². The number of imidazole rings is 1.